The smallest absolute Gasteiger partial charge is 0.225 e. The predicted octanol–water partition coefficient (Wildman–Crippen LogP) is 3.75. The van der Waals surface area contributed by atoms with Crippen LogP contribution in [0.2, 0.25) is 0 Å². The van der Waals surface area contributed by atoms with Crippen molar-refractivity contribution in [1.29, 1.82) is 0 Å². The van der Waals surface area contributed by atoms with E-state index in [1.807, 2.05) is 4.90 Å². The van der Waals surface area contributed by atoms with Gasteiger partial charge in [-0.25, -0.2) is 23.1 Å². The molecule has 9 heteroatoms. The van der Waals surface area contributed by atoms with Crippen LogP contribution in [0.3, 0.4) is 0 Å². The first-order valence-electron chi connectivity index (χ1n) is 7.57. The van der Waals surface area contributed by atoms with E-state index in [-0.39, 0.29) is 30.1 Å². The third-order valence-electron chi connectivity index (χ3n) is 3.91. The number of aromatic nitrogens is 2. The molecular formula is C16H15BrF3N3OS. The van der Waals surface area contributed by atoms with Gasteiger partial charge in [-0.05, 0) is 28.4 Å². The Morgan fingerprint density at radius 3 is 2.56 bits per heavy atom. The van der Waals surface area contributed by atoms with Crippen molar-refractivity contribution in [3.05, 3.63) is 52.0 Å². The zero-order valence-corrected chi connectivity index (χ0v) is 15.5. The minimum Gasteiger partial charge on any atom is -0.375 e. The van der Waals surface area contributed by atoms with Crippen molar-refractivity contribution >= 4 is 34.5 Å². The molecule has 1 aromatic carbocycles. The number of hydrogen-bond acceptors (Lipinski definition) is 5. The fourth-order valence-corrected chi connectivity index (χ4v) is 3.35. The summed E-state index contributed by atoms with van der Waals surface area (Å²) in [6.07, 6.45) is 4.06. The Hall–Kier alpha value is -1.32. The molecule has 1 aliphatic heterocycles. The number of anilines is 1. The normalized spacial score (nSPS) is 20.3. The Morgan fingerprint density at radius 2 is 1.84 bits per heavy atom. The zero-order valence-electron chi connectivity index (χ0n) is 13.0. The van der Waals surface area contributed by atoms with Crippen LogP contribution in [0.5, 0.6) is 0 Å². The highest BCUT2D eigenvalue weighted by Crippen LogP contribution is 2.26. The van der Waals surface area contributed by atoms with Gasteiger partial charge in [-0.3, -0.25) is 0 Å². The first-order valence-corrected chi connectivity index (χ1v) is 8.88. The Labute approximate surface area is 157 Å². The molecule has 0 saturated carbocycles. The van der Waals surface area contributed by atoms with Gasteiger partial charge < -0.3 is 9.64 Å². The number of thiol groups is 1. The zero-order chi connectivity index (χ0) is 18.0. The van der Waals surface area contributed by atoms with Gasteiger partial charge in [-0.2, -0.15) is 12.6 Å². The van der Waals surface area contributed by atoms with Crippen molar-refractivity contribution in [3.63, 3.8) is 0 Å². The molecule has 134 valence electrons. The quantitative estimate of drug-likeness (QED) is 0.575. The fraction of sp³-hybridized carbons (Fsp3) is 0.375. The second-order valence-corrected chi connectivity index (χ2v) is 7.42. The second kappa shape index (κ2) is 7.92. The molecule has 1 aromatic heterocycles. The maximum Gasteiger partial charge on any atom is 0.225 e. The highest BCUT2D eigenvalue weighted by atomic mass is 79.9. The lowest BCUT2D eigenvalue weighted by Gasteiger charge is -2.24. The maximum atomic E-state index is 13.6. The van der Waals surface area contributed by atoms with Crippen LogP contribution in [-0.2, 0) is 11.3 Å². The average molecular weight is 434 g/mol. The van der Waals surface area contributed by atoms with E-state index in [4.69, 9.17) is 4.74 Å². The molecule has 0 N–H and O–H groups in total. The van der Waals surface area contributed by atoms with Crippen LogP contribution in [-0.4, -0.2) is 34.4 Å². The summed E-state index contributed by atoms with van der Waals surface area (Å²) in [5.41, 5.74) is -0.0224. The van der Waals surface area contributed by atoms with E-state index in [9.17, 15) is 13.2 Å². The molecule has 25 heavy (non-hydrogen) atoms. The van der Waals surface area contributed by atoms with E-state index in [0.29, 0.717) is 18.6 Å². The lowest BCUT2D eigenvalue weighted by molar-refractivity contribution is 0.106. The third-order valence-corrected chi connectivity index (χ3v) is 4.70. The average Bonchev–Trinajstić information content (AvgIpc) is 2.94. The van der Waals surface area contributed by atoms with E-state index < -0.39 is 17.5 Å². The number of ether oxygens (including phenoxy) is 1. The number of benzene rings is 1. The van der Waals surface area contributed by atoms with Crippen LogP contribution in [0.25, 0.3) is 0 Å². The molecule has 0 spiro atoms. The molecule has 0 radical (unpaired) electrons. The molecule has 1 fully saturated rings. The predicted molar refractivity (Wildman–Crippen MR) is 94.2 cm³/mol. The summed E-state index contributed by atoms with van der Waals surface area (Å²) in [6.45, 7) is 0.791. The minimum absolute atomic E-state index is 0.0224. The summed E-state index contributed by atoms with van der Waals surface area (Å²) in [6, 6.07) is 1.31. The Balaban J connectivity index is 1.63. The minimum atomic E-state index is -1.21. The van der Waals surface area contributed by atoms with E-state index in [0.717, 1.165) is 17.0 Å². The van der Waals surface area contributed by atoms with Crippen LogP contribution in [0, 0.1) is 17.5 Å². The van der Waals surface area contributed by atoms with E-state index in [2.05, 4.69) is 38.5 Å². The van der Waals surface area contributed by atoms with Gasteiger partial charge in [0.15, 0.2) is 11.6 Å². The lowest BCUT2D eigenvalue weighted by Crippen LogP contribution is -2.34. The van der Waals surface area contributed by atoms with Crippen molar-refractivity contribution in [2.45, 2.75) is 24.3 Å². The SMILES string of the molecule is Fc1cc(F)c(COCC2CC(S)CN2c2ncc(Br)cn2)cc1F. The molecule has 0 amide bonds. The van der Waals surface area contributed by atoms with E-state index in [1.165, 1.54) is 0 Å². The van der Waals surface area contributed by atoms with Crippen molar-refractivity contribution in [2.24, 2.45) is 0 Å². The Kier molecular flexibility index (Phi) is 5.85. The molecular weight excluding hydrogens is 419 g/mol. The number of halogens is 4. The highest BCUT2D eigenvalue weighted by molar-refractivity contribution is 9.10. The van der Waals surface area contributed by atoms with E-state index >= 15 is 0 Å². The largest absolute Gasteiger partial charge is 0.375 e. The third kappa shape index (κ3) is 4.45. The molecule has 0 aliphatic carbocycles. The number of nitrogens with zero attached hydrogens (tertiary/aromatic N) is 3. The van der Waals surface area contributed by atoms with Gasteiger partial charge in [0.25, 0.3) is 0 Å². The van der Waals surface area contributed by atoms with Crippen LogP contribution >= 0.6 is 28.6 Å². The molecule has 2 unspecified atom stereocenters. The molecule has 0 bridgehead atoms. The molecule has 1 saturated heterocycles. The van der Waals surface area contributed by atoms with Crippen LogP contribution in [0.4, 0.5) is 19.1 Å². The van der Waals surface area contributed by atoms with Gasteiger partial charge >= 0.3 is 0 Å². The van der Waals surface area contributed by atoms with Gasteiger partial charge in [0, 0.05) is 35.8 Å². The van der Waals surface area contributed by atoms with Crippen molar-refractivity contribution in [3.8, 4) is 0 Å². The van der Waals surface area contributed by atoms with Gasteiger partial charge in [0.05, 0.1) is 23.7 Å². The van der Waals surface area contributed by atoms with Crippen LogP contribution < -0.4 is 4.90 Å². The topological polar surface area (TPSA) is 38.2 Å². The Bertz CT molecular complexity index is 750. The summed E-state index contributed by atoms with van der Waals surface area (Å²) in [4.78, 5) is 10.5. The summed E-state index contributed by atoms with van der Waals surface area (Å²) >= 11 is 7.79. The van der Waals surface area contributed by atoms with Gasteiger partial charge in [-0.15, -0.1) is 0 Å². The summed E-state index contributed by atoms with van der Waals surface area (Å²) in [5.74, 6) is -2.58. The standard InChI is InChI=1S/C16H15BrF3N3OS/c17-10-4-21-16(22-5-10)23-6-12(25)2-11(23)8-24-7-9-1-14(19)15(20)3-13(9)18/h1,3-5,11-12,25H,2,6-8H2. The van der Waals surface area contributed by atoms with Crippen LogP contribution in [0.1, 0.15) is 12.0 Å². The van der Waals surface area contributed by atoms with Gasteiger partial charge in [0.1, 0.15) is 5.82 Å². The Morgan fingerprint density at radius 1 is 1.16 bits per heavy atom. The van der Waals surface area contributed by atoms with Crippen LogP contribution in [0.15, 0.2) is 29.0 Å². The molecule has 3 rings (SSSR count). The first kappa shape index (κ1) is 18.5. The highest BCUT2D eigenvalue weighted by Gasteiger charge is 2.32. The van der Waals surface area contributed by atoms with Crippen molar-refractivity contribution in [2.75, 3.05) is 18.1 Å². The van der Waals surface area contributed by atoms with Crippen molar-refractivity contribution in [1.82, 2.24) is 9.97 Å². The molecule has 2 heterocycles. The fourth-order valence-electron chi connectivity index (χ4n) is 2.73. The number of hydrogen-bond donors (Lipinski definition) is 1. The second-order valence-electron chi connectivity index (χ2n) is 5.77. The van der Waals surface area contributed by atoms with E-state index in [1.54, 1.807) is 12.4 Å². The van der Waals surface area contributed by atoms with Gasteiger partial charge in [-0.1, -0.05) is 0 Å². The molecule has 2 atom stereocenters. The number of rotatable bonds is 5. The molecule has 2 aromatic rings. The summed E-state index contributed by atoms with van der Waals surface area (Å²) in [5, 5.41) is 0.140. The first-order chi connectivity index (χ1) is 11.9. The molecule has 1 aliphatic rings. The van der Waals surface area contributed by atoms with Crippen molar-refractivity contribution < 1.29 is 17.9 Å². The summed E-state index contributed by atoms with van der Waals surface area (Å²) < 4.78 is 46.1. The maximum absolute atomic E-state index is 13.6. The van der Waals surface area contributed by atoms with Gasteiger partial charge in [0.2, 0.25) is 5.95 Å². The monoisotopic (exact) mass is 433 g/mol. The molecule has 4 nitrogen and oxygen atoms in total. The summed E-state index contributed by atoms with van der Waals surface area (Å²) in [7, 11) is 0. The lowest BCUT2D eigenvalue weighted by atomic mass is 10.2.